The summed E-state index contributed by atoms with van der Waals surface area (Å²) in [4.78, 5) is 2.41. The predicted octanol–water partition coefficient (Wildman–Crippen LogP) is 2.37. The zero-order valence-electron chi connectivity index (χ0n) is 13.7. The van der Waals surface area contributed by atoms with E-state index in [-0.39, 0.29) is 0 Å². The molecule has 1 aromatic carbocycles. The molecule has 2 heterocycles. The van der Waals surface area contributed by atoms with Crippen LogP contribution in [0.25, 0.3) is 5.57 Å². The SMILES string of the molecule is Cc1cccc(OCCCN2CCC=C(c3nn[nH]n3)C2)c1C. The summed E-state index contributed by atoms with van der Waals surface area (Å²) in [6, 6.07) is 6.20. The maximum absolute atomic E-state index is 5.93. The number of aromatic nitrogens is 4. The van der Waals surface area contributed by atoms with Crippen LogP contribution in [0.3, 0.4) is 0 Å². The van der Waals surface area contributed by atoms with Gasteiger partial charge < -0.3 is 4.74 Å². The molecule has 1 aliphatic heterocycles. The van der Waals surface area contributed by atoms with Crippen LogP contribution >= 0.6 is 0 Å². The number of H-pyrrole nitrogens is 1. The summed E-state index contributed by atoms with van der Waals surface area (Å²) in [5.41, 5.74) is 3.65. The Morgan fingerprint density at radius 1 is 1.30 bits per heavy atom. The van der Waals surface area contributed by atoms with Gasteiger partial charge in [-0.15, -0.1) is 10.2 Å². The molecule has 122 valence electrons. The monoisotopic (exact) mass is 313 g/mol. The van der Waals surface area contributed by atoms with Crippen LogP contribution in [0, 0.1) is 13.8 Å². The smallest absolute Gasteiger partial charge is 0.201 e. The molecule has 0 aliphatic carbocycles. The number of nitrogens with zero attached hydrogens (tertiary/aromatic N) is 4. The van der Waals surface area contributed by atoms with Crippen LogP contribution in [0.2, 0.25) is 0 Å². The molecule has 1 N–H and O–H groups in total. The zero-order chi connectivity index (χ0) is 16.1. The summed E-state index contributed by atoms with van der Waals surface area (Å²) >= 11 is 0. The standard InChI is InChI=1S/C17H23N5O/c1-13-6-3-8-16(14(13)2)23-11-5-10-22-9-4-7-15(12-22)17-18-20-21-19-17/h3,6-8H,4-5,9-12H2,1-2H3,(H,18,19,20,21). The van der Waals surface area contributed by atoms with E-state index in [9.17, 15) is 0 Å². The van der Waals surface area contributed by atoms with Crippen molar-refractivity contribution in [1.29, 1.82) is 0 Å². The first-order valence-corrected chi connectivity index (χ1v) is 8.08. The number of rotatable bonds is 6. The minimum absolute atomic E-state index is 0.710. The Balaban J connectivity index is 1.44. The third kappa shape index (κ3) is 3.96. The fourth-order valence-electron chi connectivity index (χ4n) is 2.81. The molecule has 2 aromatic rings. The minimum atomic E-state index is 0.710. The highest BCUT2D eigenvalue weighted by molar-refractivity contribution is 5.61. The van der Waals surface area contributed by atoms with Gasteiger partial charge in [0.1, 0.15) is 5.75 Å². The van der Waals surface area contributed by atoms with Crippen molar-refractivity contribution in [2.75, 3.05) is 26.2 Å². The van der Waals surface area contributed by atoms with Crippen molar-refractivity contribution in [3.05, 3.63) is 41.2 Å². The van der Waals surface area contributed by atoms with E-state index in [0.717, 1.165) is 50.4 Å². The number of hydrogen-bond donors (Lipinski definition) is 1. The van der Waals surface area contributed by atoms with E-state index >= 15 is 0 Å². The van der Waals surface area contributed by atoms with Crippen molar-refractivity contribution < 1.29 is 4.74 Å². The Kier molecular flexibility index (Phi) is 5.02. The van der Waals surface area contributed by atoms with Crippen molar-refractivity contribution in [2.24, 2.45) is 0 Å². The second kappa shape index (κ2) is 7.37. The van der Waals surface area contributed by atoms with Crippen LogP contribution in [0.5, 0.6) is 5.75 Å². The lowest BCUT2D eigenvalue weighted by Crippen LogP contribution is -2.31. The van der Waals surface area contributed by atoms with Gasteiger partial charge in [-0.05, 0) is 49.1 Å². The van der Waals surface area contributed by atoms with E-state index in [1.807, 2.05) is 12.1 Å². The van der Waals surface area contributed by atoms with E-state index in [1.54, 1.807) is 0 Å². The second-order valence-corrected chi connectivity index (χ2v) is 5.93. The van der Waals surface area contributed by atoms with Gasteiger partial charge in [-0.3, -0.25) is 4.90 Å². The molecule has 0 amide bonds. The Hall–Kier alpha value is -2.21. The van der Waals surface area contributed by atoms with Crippen molar-refractivity contribution in [3.8, 4) is 5.75 Å². The molecule has 0 bridgehead atoms. The molecular formula is C17H23N5O. The molecule has 0 saturated carbocycles. The molecule has 3 rings (SSSR count). The summed E-state index contributed by atoms with van der Waals surface area (Å²) in [7, 11) is 0. The Morgan fingerprint density at radius 3 is 3.04 bits per heavy atom. The first-order chi connectivity index (χ1) is 11.2. The highest BCUT2D eigenvalue weighted by atomic mass is 16.5. The lowest BCUT2D eigenvalue weighted by molar-refractivity contribution is 0.248. The lowest BCUT2D eigenvalue weighted by atomic mass is 10.1. The molecule has 0 saturated heterocycles. The van der Waals surface area contributed by atoms with E-state index in [1.165, 1.54) is 11.1 Å². The summed E-state index contributed by atoms with van der Waals surface area (Å²) in [6.07, 6.45) is 4.24. The number of hydrogen-bond acceptors (Lipinski definition) is 5. The first kappa shape index (κ1) is 15.7. The fourth-order valence-corrected chi connectivity index (χ4v) is 2.81. The Bertz CT molecular complexity index is 666. The van der Waals surface area contributed by atoms with Crippen LogP contribution in [0.15, 0.2) is 24.3 Å². The van der Waals surface area contributed by atoms with Crippen molar-refractivity contribution >= 4 is 5.57 Å². The quantitative estimate of drug-likeness (QED) is 0.829. The molecule has 6 nitrogen and oxygen atoms in total. The Morgan fingerprint density at radius 2 is 2.22 bits per heavy atom. The van der Waals surface area contributed by atoms with E-state index in [0.29, 0.717) is 5.82 Å². The van der Waals surface area contributed by atoms with Gasteiger partial charge in [0.2, 0.25) is 5.82 Å². The number of tetrazole rings is 1. The number of nitrogens with one attached hydrogen (secondary N) is 1. The number of aryl methyl sites for hydroxylation is 1. The predicted molar refractivity (Wildman–Crippen MR) is 89.2 cm³/mol. The van der Waals surface area contributed by atoms with Gasteiger partial charge in [0.05, 0.1) is 6.61 Å². The molecule has 1 aromatic heterocycles. The van der Waals surface area contributed by atoms with E-state index < -0.39 is 0 Å². The molecule has 0 fully saturated rings. The Labute approximate surface area is 136 Å². The first-order valence-electron chi connectivity index (χ1n) is 8.08. The highest BCUT2D eigenvalue weighted by Gasteiger charge is 2.16. The lowest BCUT2D eigenvalue weighted by Gasteiger charge is -2.26. The van der Waals surface area contributed by atoms with Crippen molar-refractivity contribution in [3.63, 3.8) is 0 Å². The van der Waals surface area contributed by atoms with Crippen molar-refractivity contribution in [2.45, 2.75) is 26.7 Å². The normalized spacial score (nSPS) is 15.5. The summed E-state index contributed by atoms with van der Waals surface area (Å²) in [5.74, 6) is 1.71. The highest BCUT2D eigenvalue weighted by Crippen LogP contribution is 2.21. The maximum atomic E-state index is 5.93. The third-order valence-corrected chi connectivity index (χ3v) is 4.29. The summed E-state index contributed by atoms with van der Waals surface area (Å²) < 4.78 is 5.93. The third-order valence-electron chi connectivity index (χ3n) is 4.29. The minimum Gasteiger partial charge on any atom is -0.493 e. The van der Waals surface area contributed by atoms with Crippen LogP contribution in [-0.2, 0) is 0 Å². The molecule has 0 spiro atoms. The van der Waals surface area contributed by atoms with Gasteiger partial charge in [-0.2, -0.15) is 5.21 Å². The molecule has 0 radical (unpaired) electrons. The molecular weight excluding hydrogens is 290 g/mol. The average Bonchev–Trinajstić information content (AvgIpc) is 3.10. The van der Waals surface area contributed by atoms with Gasteiger partial charge in [-0.25, -0.2) is 0 Å². The van der Waals surface area contributed by atoms with Gasteiger partial charge in [-0.1, -0.05) is 18.2 Å². The molecule has 6 heteroatoms. The molecule has 0 atom stereocenters. The molecule has 23 heavy (non-hydrogen) atoms. The fraction of sp³-hybridized carbons (Fsp3) is 0.471. The van der Waals surface area contributed by atoms with Crippen molar-refractivity contribution in [1.82, 2.24) is 25.5 Å². The zero-order valence-corrected chi connectivity index (χ0v) is 13.7. The molecule has 0 unspecified atom stereocenters. The van der Waals surface area contributed by atoms with Crippen LogP contribution in [0.4, 0.5) is 0 Å². The molecule has 1 aliphatic rings. The van der Waals surface area contributed by atoms with Crippen LogP contribution in [-0.4, -0.2) is 51.8 Å². The maximum Gasteiger partial charge on any atom is 0.201 e. The second-order valence-electron chi connectivity index (χ2n) is 5.93. The number of aromatic amines is 1. The van der Waals surface area contributed by atoms with Crippen LogP contribution < -0.4 is 4.74 Å². The number of benzene rings is 1. The average molecular weight is 313 g/mol. The number of ether oxygens (including phenoxy) is 1. The van der Waals surface area contributed by atoms with E-state index in [4.69, 9.17) is 4.74 Å². The van der Waals surface area contributed by atoms with Gasteiger partial charge in [0.25, 0.3) is 0 Å². The summed E-state index contributed by atoms with van der Waals surface area (Å²) in [6.45, 7) is 7.93. The largest absolute Gasteiger partial charge is 0.493 e. The van der Waals surface area contributed by atoms with Gasteiger partial charge in [0, 0.05) is 25.2 Å². The van der Waals surface area contributed by atoms with Crippen LogP contribution in [0.1, 0.15) is 29.8 Å². The van der Waals surface area contributed by atoms with Gasteiger partial charge in [0.15, 0.2) is 0 Å². The van der Waals surface area contributed by atoms with E-state index in [2.05, 4.69) is 51.5 Å². The topological polar surface area (TPSA) is 66.9 Å². The van der Waals surface area contributed by atoms with Gasteiger partial charge >= 0.3 is 0 Å². The summed E-state index contributed by atoms with van der Waals surface area (Å²) in [5, 5.41) is 14.3.